The fraction of sp³-hybridized carbons (Fsp3) is 0.111. The highest BCUT2D eigenvalue weighted by molar-refractivity contribution is 9.08. The summed E-state index contributed by atoms with van der Waals surface area (Å²) in [7, 11) is 0. The van der Waals surface area contributed by atoms with Gasteiger partial charge in [0, 0.05) is 0 Å². The number of hydrogen-bond acceptors (Lipinski definition) is 2. The van der Waals surface area contributed by atoms with Crippen molar-refractivity contribution in [3.63, 3.8) is 0 Å². The van der Waals surface area contributed by atoms with E-state index in [-0.39, 0.29) is 5.91 Å². The highest BCUT2D eigenvalue weighted by atomic mass is 79.9. The van der Waals surface area contributed by atoms with Crippen molar-refractivity contribution in [1.82, 2.24) is 0 Å². The predicted octanol–water partition coefficient (Wildman–Crippen LogP) is 4.50. The lowest BCUT2D eigenvalue weighted by Crippen LogP contribution is -2.21. The van der Waals surface area contributed by atoms with E-state index in [1.54, 1.807) is 0 Å². The molecule has 0 radical (unpaired) electrons. The number of hydrazone groups is 1. The fourth-order valence-electron chi connectivity index (χ4n) is 2.14. The Bertz CT molecular complexity index is 694. The normalized spacial score (nSPS) is 15.4. The number of nitrogens with zero attached hydrogens (tertiary/aromatic N) is 2. The standard InChI is InChI=1S/C17H14N2O.CH3Br/c1-13-16(12-14-8-4-2-5-9-14)17(20)19(18-13)15-10-6-3-7-11-15;1-2/h2-12H,1H3;1H3/b16-12+;. The molecule has 4 heteroatoms. The third-order valence-electron chi connectivity index (χ3n) is 3.17. The Labute approximate surface area is 139 Å². The number of alkyl halides is 1. The number of rotatable bonds is 2. The molecule has 0 bridgehead atoms. The SMILES string of the molecule is CBr.CC1=NN(c2ccccc2)C(=O)/C1=C/c1ccccc1. The van der Waals surface area contributed by atoms with Gasteiger partial charge in [0.2, 0.25) is 0 Å². The minimum Gasteiger partial charge on any atom is -0.267 e. The molecule has 2 aromatic carbocycles. The maximum absolute atomic E-state index is 12.5. The molecule has 0 N–H and O–H groups in total. The molecule has 0 aromatic heterocycles. The molecule has 3 nitrogen and oxygen atoms in total. The molecule has 0 atom stereocenters. The fourth-order valence-corrected chi connectivity index (χ4v) is 2.14. The second kappa shape index (κ2) is 7.71. The predicted molar refractivity (Wildman–Crippen MR) is 96.3 cm³/mol. The van der Waals surface area contributed by atoms with Crippen LogP contribution in [-0.4, -0.2) is 17.5 Å². The summed E-state index contributed by atoms with van der Waals surface area (Å²) in [5, 5.41) is 5.80. The lowest BCUT2D eigenvalue weighted by atomic mass is 10.1. The molecule has 0 spiro atoms. The number of benzene rings is 2. The molecular formula is C18H17BrN2O. The van der Waals surface area contributed by atoms with Crippen LogP contribution in [0.4, 0.5) is 5.69 Å². The van der Waals surface area contributed by atoms with Gasteiger partial charge in [-0.3, -0.25) is 4.79 Å². The summed E-state index contributed by atoms with van der Waals surface area (Å²) in [6, 6.07) is 19.3. The summed E-state index contributed by atoms with van der Waals surface area (Å²) in [5.74, 6) is 1.73. The quantitative estimate of drug-likeness (QED) is 0.575. The van der Waals surface area contributed by atoms with Crippen molar-refractivity contribution >= 4 is 39.3 Å². The van der Waals surface area contributed by atoms with Crippen molar-refractivity contribution in [3.8, 4) is 0 Å². The zero-order chi connectivity index (χ0) is 15.9. The molecule has 22 heavy (non-hydrogen) atoms. The van der Waals surface area contributed by atoms with Crippen LogP contribution in [0, 0.1) is 0 Å². The van der Waals surface area contributed by atoms with Gasteiger partial charge in [-0.15, -0.1) is 0 Å². The van der Waals surface area contributed by atoms with Crippen molar-refractivity contribution < 1.29 is 4.79 Å². The second-order valence-electron chi connectivity index (χ2n) is 4.61. The first kappa shape index (κ1) is 16.2. The van der Waals surface area contributed by atoms with Gasteiger partial charge in [0.05, 0.1) is 17.0 Å². The van der Waals surface area contributed by atoms with Crippen molar-refractivity contribution in [1.29, 1.82) is 0 Å². The Morgan fingerprint density at radius 2 is 1.50 bits per heavy atom. The van der Waals surface area contributed by atoms with Gasteiger partial charge >= 0.3 is 0 Å². The first-order valence-corrected chi connectivity index (χ1v) is 8.44. The summed E-state index contributed by atoms with van der Waals surface area (Å²) in [6.45, 7) is 1.86. The van der Waals surface area contributed by atoms with E-state index in [9.17, 15) is 4.79 Å². The van der Waals surface area contributed by atoms with E-state index in [0.29, 0.717) is 5.57 Å². The average molecular weight is 357 g/mol. The molecule has 0 aliphatic carbocycles. The van der Waals surface area contributed by atoms with Gasteiger partial charge in [0.1, 0.15) is 0 Å². The summed E-state index contributed by atoms with van der Waals surface area (Å²) < 4.78 is 0. The topological polar surface area (TPSA) is 32.7 Å². The van der Waals surface area contributed by atoms with E-state index >= 15 is 0 Å². The van der Waals surface area contributed by atoms with Gasteiger partial charge in [0.15, 0.2) is 0 Å². The maximum Gasteiger partial charge on any atom is 0.280 e. The van der Waals surface area contributed by atoms with Gasteiger partial charge in [0.25, 0.3) is 5.91 Å². The highest BCUT2D eigenvalue weighted by Gasteiger charge is 2.28. The number of amides is 1. The van der Waals surface area contributed by atoms with Crippen LogP contribution in [0.25, 0.3) is 6.08 Å². The first-order chi connectivity index (χ1) is 10.8. The molecule has 1 amide bonds. The van der Waals surface area contributed by atoms with E-state index in [1.807, 2.05) is 79.5 Å². The Balaban J connectivity index is 0.000000847. The van der Waals surface area contributed by atoms with E-state index < -0.39 is 0 Å². The lowest BCUT2D eigenvalue weighted by molar-refractivity contribution is -0.114. The van der Waals surface area contributed by atoms with Crippen molar-refractivity contribution in [2.24, 2.45) is 5.10 Å². The number of para-hydroxylation sites is 1. The van der Waals surface area contributed by atoms with Crippen LogP contribution in [-0.2, 0) is 4.79 Å². The largest absolute Gasteiger partial charge is 0.280 e. The van der Waals surface area contributed by atoms with Crippen LogP contribution in [0.2, 0.25) is 0 Å². The van der Waals surface area contributed by atoms with E-state index in [2.05, 4.69) is 21.0 Å². The second-order valence-corrected chi connectivity index (χ2v) is 4.61. The molecule has 0 fully saturated rings. The van der Waals surface area contributed by atoms with E-state index in [1.165, 1.54) is 5.01 Å². The molecule has 1 aliphatic rings. The van der Waals surface area contributed by atoms with Crippen molar-refractivity contribution in [2.45, 2.75) is 6.92 Å². The monoisotopic (exact) mass is 356 g/mol. The Kier molecular flexibility index (Phi) is 5.67. The third-order valence-corrected chi connectivity index (χ3v) is 3.17. The molecule has 1 heterocycles. The maximum atomic E-state index is 12.5. The van der Waals surface area contributed by atoms with Crippen molar-refractivity contribution in [2.75, 3.05) is 10.8 Å². The Hall–Kier alpha value is -2.20. The van der Waals surface area contributed by atoms with Crippen molar-refractivity contribution in [3.05, 3.63) is 71.8 Å². The van der Waals surface area contributed by atoms with Crippen LogP contribution in [0.3, 0.4) is 0 Å². The Morgan fingerprint density at radius 3 is 2.09 bits per heavy atom. The van der Waals surface area contributed by atoms with E-state index in [4.69, 9.17) is 0 Å². The number of hydrogen-bond donors (Lipinski definition) is 0. The minimum absolute atomic E-state index is 0.0856. The molecule has 0 unspecified atom stereocenters. The molecule has 0 saturated heterocycles. The van der Waals surface area contributed by atoms with Gasteiger partial charge in [-0.2, -0.15) is 10.1 Å². The van der Waals surface area contributed by atoms with Crippen LogP contribution in [0.1, 0.15) is 12.5 Å². The first-order valence-electron chi connectivity index (χ1n) is 6.85. The summed E-state index contributed by atoms with van der Waals surface area (Å²) in [6.07, 6.45) is 1.88. The van der Waals surface area contributed by atoms with Crippen LogP contribution in [0.15, 0.2) is 71.3 Å². The van der Waals surface area contributed by atoms with E-state index in [0.717, 1.165) is 17.0 Å². The lowest BCUT2D eigenvalue weighted by Gasteiger charge is -2.10. The zero-order valence-corrected chi connectivity index (χ0v) is 14.1. The summed E-state index contributed by atoms with van der Waals surface area (Å²) in [5.41, 5.74) is 3.16. The van der Waals surface area contributed by atoms with Gasteiger partial charge in [-0.1, -0.05) is 64.5 Å². The molecule has 3 rings (SSSR count). The van der Waals surface area contributed by atoms with Crippen LogP contribution in [0.5, 0.6) is 0 Å². The Morgan fingerprint density at radius 1 is 0.955 bits per heavy atom. The molecule has 2 aromatic rings. The highest BCUT2D eigenvalue weighted by Crippen LogP contribution is 2.24. The zero-order valence-electron chi connectivity index (χ0n) is 12.5. The molecular weight excluding hydrogens is 340 g/mol. The number of carbonyl (C=O) groups is 1. The third kappa shape index (κ3) is 3.52. The number of halogens is 1. The smallest absolute Gasteiger partial charge is 0.267 e. The minimum atomic E-state index is -0.0856. The summed E-state index contributed by atoms with van der Waals surface area (Å²) >= 11 is 2.94. The number of carbonyl (C=O) groups excluding carboxylic acids is 1. The van der Waals surface area contributed by atoms with Gasteiger partial charge in [-0.25, -0.2) is 0 Å². The molecule has 0 saturated carbocycles. The number of anilines is 1. The average Bonchev–Trinajstić information content (AvgIpc) is 2.87. The molecule has 112 valence electrons. The van der Waals surface area contributed by atoms with Crippen LogP contribution >= 0.6 is 15.9 Å². The van der Waals surface area contributed by atoms with Crippen LogP contribution < -0.4 is 5.01 Å². The summed E-state index contributed by atoms with van der Waals surface area (Å²) in [4.78, 5) is 12.5. The van der Waals surface area contributed by atoms with Gasteiger partial charge in [-0.05, 0) is 36.5 Å². The molecule has 1 aliphatic heterocycles. The van der Waals surface area contributed by atoms with Gasteiger partial charge < -0.3 is 0 Å².